The number of aromatic hydroxyl groups is 1. The van der Waals surface area contributed by atoms with Gasteiger partial charge in [0.15, 0.2) is 0 Å². The van der Waals surface area contributed by atoms with Gasteiger partial charge in [-0.3, -0.25) is 0 Å². The van der Waals surface area contributed by atoms with E-state index in [4.69, 9.17) is 20.4 Å². The molecule has 0 amide bonds. The summed E-state index contributed by atoms with van der Waals surface area (Å²) in [6.07, 6.45) is 0. The lowest BCUT2D eigenvalue weighted by atomic mass is 10.1. The van der Waals surface area contributed by atoms with Gasteiger partial charge in [-0.25, -0.2) is 4.79 Å². The van der Waals surface area contributed by atoms with Crippen molar-refractivity contribution in [1.82, 2.24) is 10.2 Å². The zero-order valence-corrected chi connectivity index (χ0v) is 16.6. The van der Waals surface area contributed by atoms with Crippen molar-refractivity contribution in [2.24, 2.45) is 0 Å². The SMILES string of the molecule is Cc1ccc(-c2nnc(SCc3cc(=O)oc4cc(O)c(Cl)cc34)o2)c(C)c1. The van der Waals surface area contributed by atoms with Crippen LogP contribution in [0.1, 0.15) is 16.7 Å². The van der Waals surface area contributed by atoms with Crippen LogP contribution in [0.4, 0.5) is 0 Å². The van der Waals surface area contributed by atoms with Crippen molar-refractivity contribution in [3.8, 4) is 17.2 Å². The molecule has 2 aromatic heterocycles. The summed E-state index contributed by atoms with van der Waals surface area (Å²) in [6, 6.07) is 10.3. The highest BCUT2D eigenvalue weighted by atomic mass is 35.5. The third-order valence-electron chi connectivity index (χ3n) is 4.27. The monoisotopic (exact) mass is 414 g/mol. The molecule has 0 aliphatic rings. The first-order valence-corrected chi connectivity index (χ1v) is 9.76. The average molecular weight is 415 g/mol. The van der Waals surface area contributed by atoms with E-state index in [-0.39, 0.29) is 16.4 Å². The summed E-state index contributed by atoms with van der Waals surface area (Å²) < 4.78 is 10.9. The fourth-order valence-electron chi connectivity index (χ4n) is 2.93. The summed E-state index contributed by atoms with van der Waals surface area (Å²) >= 11 is 7.30. The first-order valence-electron chi connectivity index (χ1n) is 8.40. The fourth-order valence-corrected chi connectivity index (χ4v) is 3.84. The predicted octanol–water partition coefficient (Wildman–Crippen LogP) is 5.11. The van der Waals surface area contributed by atoms with Crippen molar-refractivity contribution < 1.29 is 13.9 Å². The number of fused-ring (bicyclic) bond motifs is 1. The van der Waals surface area contributed by atoms with Gasteiger partial charge in [-0.15, -0.1) is 10.2 Å². The van der Waals surface area contributed by atoms with Crippen LogP contribution in [0.25, 0.3) is 22.4 Å². The molecule has 8 heteroatoms. The molecule has 0 saturated heterocycles. The second kappa shape index (κ2) is 7.33. The number of hydrogen-bond donors (Lipinski definition) is 1. The molecule has 0 bridgehead atoms. The molecule has 0 aliphatic carbocycles. The number of phenolic OH excluding ortho intramolecular Hbond substituents is 1. The maximum Gasteiger partial charge on any atom is 0.336 e. The van der Waals surface area contributed by atoms with Gasteiger partial charge in [-0.2, -0.15) is 0 Å². The maximum absolute atomic E-state index is 11.8. The number of aryl methyl sites for hydroxylation is 2. The van der Waals surface area contributed by atoms with Crippen LogP contribution in [0.3, 0.4) is 0 Å². The first-order chi connectivity index (χ1) is 13.4. The minimum Gasteiger partial charge on any atom is -0.506 e. The Balaban J connectivity index is 1.61. The third-order valence-corrected chi connectivity index (χ3v) is 5.44. The highest BCUT2D eigenvalue weighted by Crippen LogP contribution is 2.33. The number of phenols is 1. The van der Waals surface area contributed by atoms with Crippen LogP contribution in [-0.2, 0) is 5.75 Å². The molecule has 142 valence electrons. The lowest BCUT2D eigenvalue weighted by molar-refractivity contribution is 0.465. The average Bonchev–Trinajstić information content (AvgIpc) is 3.10. The van der Waals surface area contributed by atoms with E-state index in [0.717, 1.165) is 16.7 Å². The van der Waals surface area contributed by atoms with Crippen LogP contribution >= 0.6 is 23.4 Å². The molecule has 0 radical (unpaired) electrons. The molecule has 6 nitrogen and oxygen atoms in total. The molecule has 2 heterocycles. The molecule has 0 aliphatic heterocycles. The second-order valence-corrected chi connectivity index (χ2v) is 7.70. The Labute approximate surface area is 169 Å². The lowest BCUT2D eigenvalue weighted by Gasteiger charge is -2.05. The van der Waals surface area contributed by atoms with Gasteiger partial charge in [-0.1, -0.05) is 41.1 Å². The van der Waals surface area contributed by atoms with Gasteiger partial charge < -0.3 is 13.9 Å². The van der Waals surface area contributed by atoms with Crippen molar-refractivity contribution in [2.75, 3.05) is 0 Å². The molecule has 1 N–H and O–H groups in total. The predicted molar refractivity (Wildman–Crippen MR) is 108 cm³/mol. The summed E-state index contributed by atoms with van der Waals surface area (Å²) in [6.45, 7) is 4.02. The molecular formula is C20H15ClN2O4S. The Morgan fingerprint density at radius 3 is 2.71 bits per heavy atom. The zero-order valence-electron chi connectivity index (χ0n) is 15.0. The van der Waals surface area contributed by atoms with E-state index in [0.29, 0.717) is 27.8 Å². The normalized spacial score (nSPS) is 11.2. The van der Waals surface area contributed by atoms with Gasteiger partial charge in [0.2, 0.25) is 5.89 Å². The van der Waals surface area contributed by atoms with E-state index in [1.54, 1.807) is 6.07 Å². The summed E-state index contributed by atoms with van der Waals surface area (Å²) in [5, 5.41) is 19.1. The third kappa shape index (κ3) is 3.63. The highest BCUT2D eigenvalue weighted by molar-refractivity contribution is 7.98. The molecule has 4 aromatic rings. The quantitative estimate of drug-likeness (QED) is 0.366. The maximum atomic E-state index is 11.8. The lowest BCUT2D eigenvalue weighted by Crippen LogP contribution is -2.00. The number of nitrogens with zero attached hydrogens (tertiary/aromatic N) is 2. The molecule has 0 atom stereocenters. The van der Waals surface area contributed by atoms with Crippen LogP contribution in [0, 0.1) is 13.8 Å². The van der Waals surface area contributed by atoms with Crippen LogP contribution in [0.2, 0.25) is 5.02 Å². The van der Waals surface area contributed by atoms with Crippen molar-refractivity contribution in [2.45, 2.75) is 24.8 Å². The topological polar surface area (TPSA) is 89.4 Å². The van der Waals surface area contributed by atoms with Gasteiger partial charge in [0, 0.05) is 28.8 Å². The van der Waals surface area contributed by atoms with E-state index in [2.05, 4.69) is 16.3 Å². The Morgan fingerprint density at radius 2 is 1.93 bits per heavy atom. The number of rotatable bonds is 4. The Hall–Kier alpha value is -2.77. The van der Waals surface area contributed by atoms with Gasteiger partial charge in [-0.05, 0) is 37.1 Å². The van der Waals surface area contributed by atoms with Crippen LogP contribution in [0.5, 0.6) is 5.75 Å². The van der Waals surface area contributed by atoms with Crippen LogP contribution < -0.4 is 5.63 Å². The summed E-state index contributed by atoms with van der Waals surface area (Å²) in [7, 11) is 0. The van der Waals surface area contributed by atoms with Crippen molar-refractivity contribution >= 4 is 34.3 Å². The molecule has 0 fully saturated rings. The smallest absolute Gasteiger partial charge is 0.336 e. The van der Waals surface area contributed by atoms with E-state index in [9.17, 15) is 9.90 Å². The summed E-state index contributed by atoms with van der Waals surface area (Å²) in [5.41, 5.74) is 3.57. The van der Waals surface area contributed by atoms with Gasteiger partial charge in [0.1, 0.15) is 11.3 Å². The van der Waals surface area contributed by atoms with Crippen molar-refractivity contribution in [3.05, 3.63) is 68.5 Å². The number of thioether (sulfide) groups is 1. The van der Waals surface area contributed by atoms with Gasteiger partial charge in [0.05, 0.1) is 5.02 Å². The van der Waals surface area contributed by atoms with E-state index >= 15 is 0 Å². The van der Waals surface area contributed by atoms with E-state index < -0.39 is 5.63 Å². The second-order valence-electron chi connectivity index (χ2n) is 6.37. The number of aromatic nitrogens is 2. The summed E-state index contributed by atoms with van der Waals surface area (Å²) in [4.78, 5) is 11.8. The van der Waals surface area contributed by atoms with E-state index in [1.807, 2.05) is 26.0 Å². The molecular weight excluding hydrogens is 400 g/mol. The first kappa shape index (κ1) is 18.6. The largest absolute Gasteiger partial charge is 0.506 e. The minimum absolute atomic E-state index is 0.142. The van der Waals surface area contributed by atoms with Crippen LogP contribution in [-0.4, -0.2) is 15.3 Å². The fraction of sp³-hybridized carbons (Fsp3) is 0.150. The van der Waals surface area contributed by atoms with Crippen LogP contribution in [0.15, 0.2) is 55.2 Å². The molecule has 0 spiro atoms. The molecule has 4 rings (SSSR count). The Kier molecular flexibility index (Phi) is 4.87. The summed E-state index contributed by atoms with van der Waals surface area (Å²) in [5.74, 6) is 0.708. The van der Waals surface area contributed by atoms with Gasteiger partial charge in [0.25, 0.3) is 5.22 Å². The minimum atomic E-state index is -0.508. The molecule has 28 heavy (non-hydrogen) atoms. The molecule has 0 saturated carbocycles. The Bertz CT molecular complexity index is 1250. The number of halogens is 1. The van der Waals surface area contributed by atoms with Crippen molar-refractivity contribution in [1.29, 1.82) is 0 Å². The molecule has 0 unspecified atom stereocenters. The standard InChI is InChI=1S/C20H15ClN2O4S/c1-10-3-4-13(11(2)5-10)19-22-23-20(27-19)28-9-12-6-18(25)26-17-8-16(24)15(21)7-14(12)17/h3-8,24H,9H2,1-2H3. The van der Waals surface area contributed by atoms with Gasteiger partial charge >= 0.3 is 5.63 Å². The zero-order chi connectivity index (χ0) is 19.8. The number of hydrogen-bond acceptors (Lipinski definition) is 7. The highest BCUT2D eigenvalue weighted by Gasteiger charge is 2.14. The van der Waals surface area contributed by atoms with E-state index in [1.165, 1.54) is 23.9 Å². The van der Waals surface area contributed by atoms with Crippen molar-refractivity contribution in [3.63, 3.8) is 0 Å². The Morgan fingerprint density at radius 1 is 1.11 bits per heavy atom. The molecule has 2 aromatic carbocycles. The number of benzene rings is 2.